The lowest BCUT2D eigenvalue weighted by Crippen LogP contribution is -2.00. The lowest BCUT2D eigenvalue weighted by molar-refractivity contribution is 0.409. The predicted molar refractivity (Wildman–Crippen MR) is 72.6 cm³/mol. The van der Waals surface area contributed by atoms with Gasteiger partial charge in [-0.3, -0.25) is 0 Å². The van der Waals surface area contributed by atoms with Crippen LogP contribution in [-0.4, -0.2) is 12.1 Å². The zero-order valence-corrected chi connectivity index (χ0v) is 11.2. The van der Waals surface area contributed by atoms with Crippen molar-refractivity contribution in [3.8, 4) is 5.75 Å². The summed E-state index contributed by atoms with van der Waals surface area (Å²) < 4.78 is 6.40. The molecule has 90 valence electrons. The van der Waals surface area contributed by atoms with Crippen LogP contribution in [0.5, 0.6) is 5.75 Å². The molecule has 2 rings (SSSR count). The summed E-state index contributed by atoms with van der Waals surface area (Å²) in [6, 6.07) is 6.16. The monoisotopic (exact) mass is 266 g/mol. The van der Waals surface area contributed by atoms with E-state index in [0.717, 1.165) is 21.4 Å². The SMILES string of the molecule is COc1cc(CSc2nccs2)ccc1CN. The summed E-state index contributed by atoms with van der Waals surface area (Å²) in [4.78, 5) is 4.24. The Morgan fingerprint density at radius 2 is 2.35 bits per heavy atom. The Balaban J connectivity index is 2.06. The Bertz CT molecular complexity index is 471. The molecule has 0 saturated heterocycles. The molecule has 5 heteroatoms. The van der Waals surface area contributed by atoms with E-state index in [9.17, 15) is 0 Å². The van der Waals surface area contributed by atoms with Gasteiger partial charge in [0.2, 0.25) is 0 Å². The van der Waals surface area contributed by atoms with E-state index in [1.807, 2.05) is 23.7 Å². The van der Waals surface area contributed by atoms with Crippen LogP contribution in [0, 0.1) is 0 Å². The molecule has 17 heavy (non-hydrogen) atoms. The third kappa shape index (κ3) is 3.21. The molecule has 1 aromatic carbocycles. The molecular weight excluding hydrogens is 252 g/mol. The summed E-state index contributed by atoms with van der Waals surface area (Å²) in [5, 5.41) is 1.99. The Morgan fingerprint density at radius 1 is 1.47 bits per heavy atom. The van der Waals surface area contributed by atoms with Gasteiger partial charge in [0.15, 0.2) is 0 Å². The van der Waals surface area contributed by atoms with E-state index < -0.39 is 0 Å². The number of ether oxygens (including phenoxy) is 1. The van der Waals surface area contributed by atoms with E-state index in [4.69, 9.17) is 10.5 Å². The second-order valence-corrected chi connectivity index (χ2v) is 5.55. The minimum absolute atomic E-state index is 0.503. The Kier molecular flexibility index (Phi) is 4.42. The van der Waals surface area contributed by atoms with Crippen molar-refractivity contribution in [1.29, 1.82) is 0 Å². The first kappa shape index (κ1) is 12.4. The first-order valence-electron chi connectivity index (χ1n) is 5.21. The van der Waals surface area contributed by atoms with Crippen LogP contribution in [0.4, 0.5) is 0 Å². The van der Waals surface area contributed by atoms with E-state index >= 15 is 0 Å². The van der Waals surface area contributed by atoms with Gasteiger partial charge in [-0.1, -0.05) is 23.9 Å². The number of methoxy groups -OCH3 is 1. The molecule has 0 saturated carbocycles. The quantitative estimate of drug-likeness (QED) is 0.845. The van der Waals surface area contributed by atoms with Gasteiger partial charge in [-0.05, 0) is 11.6 Å². The van der Waals surface area contributed by atoms with Crippen molar-refractivity contribution >= 4 is 23.1 Å². The van der Waals surface area contributed by atoms with Crippen LogP contribution in [0.2, 0.25) is 0 Å². The summed E-state index contributed by atoms with van der Waals surface area (Å²) in [5.41, 5.74) is 7.89. The highest BCUT2D eigenvalue weighted by Crippen LogP contribution is 2.27. The maximum atomic E-state index is 5.63. The van der Waals surface area contributed by atoms with E-state index in [1.54, 1.807) is 30.2 Å². The number of benzene rings is 1. The lowest BCUT2D eigenvalue weighted by atomic mass is 10.1. The predicted octanol–water partition coefficient (Wildman–Crippen LogP) is 2.90. The van der Waals surface area contributed by atoms with Gasteiger partial charge in [0.1, 0.15) is 10.1 Å². The van der Waals surface area contributed by atoms with Gasteiger partial charge in [-0.25, -0.2) is 4.98 Å². The highest BCUT2D eigenvalue weighted by molar-refractivity contribution is 8.00. The molecule has 0 atom stereocenters. The van der Waals surface area contributed by atoms with Crippen molar-refractivity contribution in [2.24, 2.45) is 5.73 Å². The zero-order valence-electron chi connectivity index (χ0n) is 9.55. The van der Waals surface area contributed by atoms with E-state index in [2.05, 4.69) is 11.1 Å². The topological polar surface area (TPSA) is 48.1 Å². The third-order valence-electron chi connectivity index (χ3n) is 2.34. The molecular formula is C12H14N2OS2. The summed E-state index contributed by atoms with van der Waals surface area (Å²) in [7, 11) is 1.67. The molecule has 2 aromatic rings. The molecule has 0 aliphatic rings. The number of hydrogen-bond acceptors (Lipinski definition) is 5. The number of aromatic nitrogens is 1. The fourth-order valence-corrected chi connectivity index (χ4v) is 3.05. The highest BCUT2D eigenvalue weighted by atomic mass is 32.2. The zero-order chi connectivity index (χ0) is 12.1. The van der Waals surface area contributed by atoms with Gasteiger partial charge in [0.25, 0.3) is 0 Å². The van der Waals surface area contributed by atoms with Gasteiger partial charge in [-0.15, -0.1) is 11.3 Å². The highest BCUT2D eigenvalue weighted by Gasteiger charge is 2.04. The van der Waals surface area contributed by atoms with Crippen molar-refractivity contribution < 1.29 is 4.74 Å². The Hall–Kier alpha value is -1.04. The molecule has 1 aromatic heterocycles. The van der Waals surface area contributed by atoms with Crippen LogP contribution in [0.25, 0.3) is 0 Å². The largest absolute Gasteiger partial charge is 0.496 e. The average Bonchev–Trinajstić information content (AvgIpc) is 2.89. The molecule has 0 aliphatic carbocycles. The van der Waals surface area contributed by atoms with Crippen molar-refractivity contribution in [2.45, 2.75) is 16.6 Å². The number of nitrogens with zero attached hydrogens (tertiary/aromatic N) is 1. The lowest BCUT2D eigenvalue weighted by Gasteiger charge is -2.08. The number of rotatable bonds is 5. The molecule has 0 fully saturated rings. The minimum Gasteiger partial charge on any atom is -0.496 e. The van der Waals surface area contributed by atoms with Crippen LogP contribution < -0.4 is 10.5 Å². The summed E-state index contributed by atoms with van der Waals surface area (Å²) in [6.45, 7) is 0.503. The van der Waals surface area contributed by atoms with Crippen LogP contribution >= 0.6 is 23.1 Å². The van der Waals surface area contributed by atoms with Crippen LogP contribution in [-0.2, 0) is 12.3 Å². The third-order valence-corrected chi connectivity index (χ3v) is 4.38. The van der Waals surface area contributed by atoms with E-state index in [1.165, 1.54) is 5.56 Å². The molecule has 0 amide bonds. The maximum Gasteiger partial charge on any atom is 0.150 e. The van der Waals surface area contributed by atoms with E-state index in [0.29, 0.717) is 6.54 Å². The average molecular weight is 266 g/mol. The minimum atomic E-state index is 0.503. The number of hydrogen-bond donors (Lipinski definition) is 1. The first-order valence-corrected chi connectivity index (χ1v) is 7.08. The molecule has 0 aliphatic heterocycles. The second-order valence-electron chi connectivity index (χ2n) is 3.44. The number of thiazole rings is 1. The standard InChI is InChI=1S/C12H14N2OS2/c1-15-11-6-9(2-3-10(11)7-13)8-17-12-14-4-5-16-12/h2-6H,7-8,13H2,1H3. The van der Waals surface area contributed by atoms with Crippen LogP contribution in [0.3, 0.4) is 0 Å². The molecule has 1 heterocycles. The molecule has 0 radical (unpaired) electrons. The fourth-order valence-electron chi connectivity index (χ4n) is 1.47. The van der Waals surface area contributed by atoms with Crippen LogP contribution in [0.15, 0.2) is 34.1 Å². The first-order chi connectivity index (χ1) is 8.33. The molecule has 3 nitrogen and oxygen atoms in total. The molecule has 0 spiro atoms. The summed E-state index contributed by atoms with van der Waals surface area (Å²) in [5.74, 6) is 1.76. The van der Waals surface area contributed by atoms with Crippen molar-refractivity contribution in [2.75, 3.05) is 7.11 Å². The van der Waals surface area contributed by atoms with Crippen LogP contribution in [0.1, 0.15) is 11.1 Å². The van der Waals surface area contributed by atoms with Gasteiger partial charge < -0.3 is 10.5 Å². The molecule has 2 N–H and O–H groups in total. The van der Waals surface area contributed by atoms with Crippen molar-refractivity contribution in [3.63, 3.8) is 0 Å². The number of thioether (sulfide) groups is 1. The van der Waals surface area contributed by atoms with Gasteiger partial charge >= 0.3 is 0 Å². The van der Waals surface area contributed by atoms with Gasteiger partial charge in [0.05, 0.1) is 7.11 Å². The molecule has 0 bridgehead atoms. The van der Waals surface area contributed by atoms with Gasteiger partial charge in [0, 0.05) is 29.4 Å². The number of nitrogens with two attached hydrogens (primary N) is 1. The Labute approximate surface area is 109 Å². The van der Waals surface area contributed by atoms with Gasteiger partial charge in [-0.2, -0.15) is 0 Å². The second kappa shape index (κ2) is 6.05. The summed E-state index contributed by atoms with van der Waals surface area (Å²) in [6.07, 6.45) is 1.82. The molecule has 0 unspecified atom stereocenters. The van der Waals surface area contributed by atoms with Crippen molar-refractivity contribution in [3.05, 3.63) is 40.9 Å². The normalized spacial score (nSPS) is 10.5. The maximum absolute atomic E-state index is 5.63. The fraction of sp³-hybridized carbons (Fsp3) is 0.250. The Morgan fingerprint density at radius 3 is 3.00 bits per heavy atom. The summed E-state index contributed by atoms with van der Waals surface area (Å²) >= 11 is 3.39. The van der Waals surface area contributed by atoms with Crippen molar-refractivity contribution in [1.82, 2.24) is 4.98 Å². The van der Waals surface area contributed by atoms with E-state index in [-0.39, 0.29) is 0 Å². The smallest absolute Gasteiger partial charge is 0.150 e.